The molecule has 0 saturated heterocycles. The van der Waals surface area contributed by atoms with Crippen LogP contribution in [0.1, 0.15) is 34.7 Å². The van der Waals surface area contributed by atoms with Crippen molar-refractivity contribution in [1.82, 2.24) is 10.5 Å². The molecule has 0 atom stereocenters. The summed E-state index contributed by atoms with van der Waals surface area (Å²) in [6.07, 6.45) is 0.948. The van der Waals surface area contributed by atoms with Crippen molar-refractivity contribution in [3.8, 4) is 0 Å². The van der Waals surface area contributed by atoms with E-state index in [2.05, 4.69) is 10.5 Å². The molecule has 2 aromatic rings. The van der Waals surface area contributed by atoms with Crippen molar-refractivity contribution >= 4 is 23.3 Å². The number of Topliss-reactive ketones (excluding diaryl/α,β-unsaturated/α-hetero) is 1. The lowest BCUT2D eigenvalue weighted by atomic mass is 10.1. The van der Waals surface area contributed by atoms with E-state index >= 15 is 0 Å². The molecule has 22 heavy (non-hydrogen) atoms. The number of rotatable bonds is 7. The number of aromatic nitrogens is 1. The summed E-state index contributed by atoms with van der Waals surface area (Å²) in [6, 6.07) is 8.48. The molecule has 0 bridgehead atoms. The van der Waals surface area contributed by atoms with E-state index < -0.39 is 0 Å². The molecule has 0 aliphatic carbocycles. The van der Waals surface area contributed by atoms with Crippen LogP contribution in [0.5, 0.6) is 0 Å². The van der Waals surface area contributed by atoms with Crippen molar-refractivity contribution in [2.45, 2.75) is 26.2 Å². The van der Waals surface area contributed by atoms with Gasteiger partial charge in [0.15, 0.2) is 5.78 Å². The summed E-state index contributed by atoms with van der Waals surface area (Å²) in [6.45, 7) is 2.29. The zero-order valence-corrected chi connectivity index (χ0v) is 13.0. The molecule has 0 unspecified atom stereocenters. The van der Waals surface area contributed by atoms with Crippen LogP contribution in [0, 0.1) is 6.92 Å². The summed E-state index contributed by atoms with van der Waals surface area (Å²) in [7, 11) is 0. The number of amides is 1. The fourth-order valence-corrected chi connectivity index (χ4v) is 2.09. The Morgan fingerprint density at radius 2 is 1.95 bits per heavy atom. The molecule has 116 valence electrons. The highest BCUT2D eigenvalue weighted by Gasteiger charge is 2.09. The van der Waals surface area contributed by atoms with Gasteiger partial charge in [-0.1, -0.05) is 16.8 Å². The van der Waals surface area contributed by atoms with E-state index in [0.29, 0.717) is 23.6 Å². The third kappa shape index (κ3) is 5.00. The largest absolute Gasteiger partial charge is 0.361 e. The number of benzene rings is 1. The minimum Gasteiger partial charge on any atom is -0.361 e. The van der Waals surface area contributed by atoms with E-state index in [9.17, 15) is 9.59 Å². The van der Waals surface area contributed by atoms with Gasteiger partial charge in [-0.15, -0.1) is 0 Å². The average molecular weight is 321 g/mol. The highest BCUT2D eigenvalue weighted by atomic mass is 35.5. The normalized spacial score (nSPS) is 10.5. The molecule has 0 fully saturated rings. The molecule has 0 spiro atoms. The van der Waals surface area contributed by atoms with Crippen molar-refractivity contribution in [3.63, 3.8) is 0 Å². The lowest BCUT2D eigenvalue weighted by molar-refractivity contribution is -0.121. The Morgan fingerprint density at radius 1 is 1.23 bits per heavy atom. The molecule has 5 nitrogen and oxygen atoms in total. The quantitative estimate of drug-likeness (QED) is 0.796. The van der Waals surface area contributed by atoms with Gasteiger partial charge in [-0.2, -0.15) is 0 Å². The number of hydrogen-bond acceptors (Lipinski definition) is 4. The predicted molar refractivity (Wildman–Crippen MR) is 83.0 cm³/mol. The lowest BCUT2D eigenvalue weighted by Crippen LogP contribution is -2.26. The second-order valence-corrected chi connectivity index (χ2v) is 5.40. The van der Waals surface area contributed by atoms with Crippen LogP contribution in [0.25, 0.3) is 0 Å². The van der Waals surface area contributed by atoms with Gasteiger partial charge in [-0.05, 0) is 31.2 Å². The first-order valence-electron chi connectivity index (χ1n) is 7.02. The molecule has 1 heterocycles. The number of ketones is 1. The van der Waals surface area contributed by atoms with Crippen LogP contribution in [-0.4, -0.2) is 23.4 Å². The van der Waals surface area contributed by atoms with Gasteiger partial charge in [0, 0.05) is 42.5 Å². The first-order chi connectivity index (χ1) is 10.5. The molecule has 0 radical (unpaired) electrons. The number of carbonyl (C=O) groups excluding carboxylic acids is 2. The van der Waals surface area contributed by atoms with Crippen molar-refractivity contribution in [1.29, 1.82) is 0 Å². The van der Waals surface area contributed by atoms with Crippen molar-refractivity contribution in [2.75, 3.05) is 6.54 Å². The minimum absolute atomic E-state index is 0.0704. The Kier molecular flexibility index (Phi) is 5.72. The van der Waals surface area contributed by atoms with Gasteiger partial charge in [0.25, 0.3) is 0 Å². The Hall–Kier alpha value is -2.14. The molecule has 6 heteroatoms. The molecule has 1 N–H and O–H groups in total. The van der Waals surface area contributed by atoms with Crippen molar-refractivity contribution < 1.29 is 14.1 Å². The number of nitrogens with zero attached hydrogens (tertiary/aromatic N) is 1. The maximum Gasteiger partial charge on any atom is 0.220 e. The monoisotopic (exact) mass is 320 g/mol. The number of halogens is 1. The van der Waals surface area contributed by atoms with E-state index in [1.807, 2.05) is 13.0 Å². The summed E-state index contributed by atoms with van der Waals surface area (Å²) in [5, 5.41) is 7.19. The Morgan fingerprint density at radius 3 is 2.59 bits per heavy atom. The summed E-state index contributed by atoms with van der Waals surface area (Å²) >= 11 is 5.77. The van der Waals surface area contributed by atoms with Gasteiger partial charge < -0.3 is 9.84 Å². The van der Waals surface area contributed by atoms with E-state index in [0.717, 1.165) is 11.5 Å². The zero-order valence-electron chi connectivity index (χ0n) is 12.3. The maximum absolute atomic E-state index is 11.9. The van der Waals surface area contributed by atoms with Gasteiger partial charge in [0.05, 0.1) is 5.69 Å². The van der Waals surface area contributed by atoms with Crippen LogP contribution in [0.15, 0.2) is 34.9 Å². The third-order valence-electron chi connectivity index (χ3n) is 3.13. The Bertz CT molecular complexity index is 650. The SMILES string of the molecule is Cc1cc(CCNC(=O)CCC(=O)c2ccc(Cl)cc2)no1. The second kappa shape index (κ2) is 7.75. The lowest BCUT2D eigenvalue weighted by Gasteiger charge is -2.04. The van der Waals surface area contributed by atoms with Crippen LogP contribution in [0.2, 0.25) is 5.02 Å². The first-order valence-corrected chi connectivity index (χ1v) is 7.40. The Labute approximate surface area is 133 Å². The van der Waals surface area contributed by atoms with Crippen LogP contribution < -0.4 is 5.32 Å². The molecule has 1 amide bonds. The summed E-state index contributed by atoms with van der Waals surface area (Å²) < 4.78 is 4.94. The van der Waals surface area contributed by atoms with Gasteiger partial charge in [0.2, 0.25) is 5.91 Å². The maximum atomic E-state index is 11.9. The van der Waals surface area contributed by atoms with E-state index in [1.54, 1.807) is 24.3 Å². The van der Waals surface area contributed by atoms with E-state index in [-0.39, 0.29) is 24.5 Å². The predicted octanol–water partition coefficient (Wildman–Crippen LogP) is 2.96. The number of aryl methyl sites for hydroxylation is 1. The zero-order chi connectivity index (χ0) is 15.9. The fourth-order valence-electron chi connectivity index (χ4n) is 1.96. The van der Waals surface area contributed by atoms with Gasteiger partial charge in [-0.3, -0.25) is 9.59 Å². The fraction of sp³-hybridized carbons (Fsp3) is 0.312. The van der Waals surface area contributed by atoms with Crippen LogP contribution in [0.4, 0.5) is 0 Å². The molecule has 0 aliphatic rings. The summed E-state index contributed by atoms with van der Waals surface area (Å²) in [5.74, 6) is 0.524. The molecule has 0 aliphatic heterocycles. The smallest absolute Gasteiger partial charge is 0.220 e. The third-order valence-corrected chi connectivity index (χ3v) is 3.38. The average Bonchev–Trinajstić information content (AvgIpc) is 2.91. The van der Waals surface area contributed by atoms with Gasteiger partial charge in [-0.25, -0.2) is 0 Å². The van der Waals surface area contributed by atoms with E-state index in [1.165, 1.54) is 0 Å². The molecular formula is C16H17ClN2O3. The Balaban J connectivity index is 1.68. The van der Waals surface area contributed by atoms with Crippen LogP contribution >= 0.6 is 11.6 Å². The first kappa shape index (κ1) is 16.2. The van der Waals surface area contributed by atoms with Crippen molar-refractivity contribution in [2.24, 2.45) is 0 Å². The van der Waals surface area contributed by atoms with Crippen LogP contribution in [-0.2, 0) is 11.2 Å². The minimum atomic E-state index is -0.150. The number of hydrogen-bond donors (Lipinski definition) is 1. The molecule has 0 saturated carbocycles. The summed E-state index contributed by atoms with van der Waals surface area (Å²) in [4.78, 5) is 23.6. The standard InChI is InChI=1S/C16H17ClN2O3/c1-11-10-14(19-22-11)8-9-18-16(21)7-6-15(20)12-2-4-13(17)5-3-12/h2-5,10H,6-9H2,1H3,(H,18,21). The highest BCUT2D eigenvalue weighted by Crippen LogP contribution is 2.11. The highest BCUT2D eigenvalue weighted by molar-refractivity contribution is 6.30. The van der Waals surface area contributed by atoms with Gasteiger partial charge in [0.1, 0.15) is 5.76 Å². The topological polar surface area (TPSA) is 72.2 Å². The van der Waals surface area contributed by atoms with Crippen LogP contribution in [0.3, 0.4) is 0 Å². The number of nitrogens with one attached hydrogen (secondary N) is 1. The molecule has 2 rings (SSSR count). The molecule has 1 aromatic carbocycles. The van der Waals surface area contributed by atoms with Crippen molar-refractivity contribution in [3.05, 3.63) is 52.4 Å². The van der Waals surface area contributed by atoms with E-state index in [4.69, 9.17) is 16.1 Å². The van der Waals surface area contributed by atoms with Gasteiger partial charge >= 0.3 is 0 Å². The second-order valence-electron chi connectivity index (χ2n) is 4.96. The molecule has 1 aromatic heterocycles. The number of carbonyl (C=O) groups is 2. The molecular weight excluding hydrogens is 304 g/mol. The summed E-state index contributed by atoms with van der Waals surface area (Å²) in [5.41, 5.74) is 1.37.